The van der Waals surface area contributed by atoms with E-state index in [1.807, 2.05) is 91.3 Å². The monoisotopic (exact) mass is 1060 g/mol. The van der Waals surface area contributed by atoms with Gasteiger partial charge >= 0.3 is 0 Å². The molecular weight excluding hydrogens is 998 g/mol. The molecule has 0 saturated heterocycles. The van der Waals surface area contributed by atoms with Crippen molar-refractivity contribution in [1.82, 2.24) is 14.5 Å². The normalized spacial score (nSPS) is 12.8. The van der Waals surface area contributed by atoms with Crippen molar-refractivity contribution in [3.8, 4) is 78.6 Å². The molecule has 67 heavy (non-hydrogen) atoms. The predicted molar refractivity (Wildman–Crippen MR) is 278 cm³/mol. The number of aromatic nitrogens is 3. The molecular formula is C62H60N3OPt-. The Morgan fingerprint density at radius 1 is 0.582 bits per heavy atom. The van der Waals surface area contributed by atoms with E-state index in [0.29, 0.717) is 28.1 Å². The molecule has 0 aliphatic rings. The molecule has 0 atom stereocenters. The summed E-state index contributed by atoms with van der Waals surface area (Å²) in [5.74, 6) is -0.000696. The van der Waals surface area contributed by atoms with Crippen LogP contribution < -0.4 is 0 Å². The van der Waals surface area contributed by atoms with Crippen LogP contribution in [-0.4, -0.2) is 19.6 Å². The van der Waals surface area contributed by atoms with Gasteiger partial charge in [-0.1, -0.05) is 181 Å². The Morgan fingerprint density at radius 2 is 1.24 bits per heavy atom. The maximum atomic E-state index is 12.3. The fourth-order valence-electron chi connectivity index (χ4n) is 8.87. The smallest absolute Gasteiger partial charge is 0.148 e. The van der Waals surface area contributed by atoms with Crippen LogP contribution in [0, 0.1) is 19.8 Å². The minimum absolute atomic E-state index is 0. The van der Waals surface area contributed by atoms with Gasteiger partial charge in [0, 0.05) is 38.4 Å². The molecule has 7 aromatic carbocycles. The first-order valence-corrected chi connectivity index (χ1v) is 23.1. The Hall–Kier alpha value is -6.35. The molecule has 0 aliphatic carbocycles. The van der Waals surface area contributed by atoms with E-state index in [-0.39, 0.29) is 50.1 Å². The van der Waals surface area contributed by atoms with Gasteiger partial charge in [-0.3, -0.25) is 9.55 Å². The van der Waals surface area contributed by atoms with Gasteiger partial charge in [-0.2, -0.15) is 0 Å². The molecule has 2 heterocycles. The van der Waals surface area contributed by atoms with Crippen molar-refractivity contribution in [1.29, 1.82) is 0 Å². The van der Waals surface area contributed by atoms with Gasteiger partial charge in [0.1, 0.15) is 11.6 Å². The van der Waals surface area contributed by atoms with Gasteiger partial charge in [0.25, 0.3) is 0 Å². The van der Waals surface area contributed by atoms with Crippen LogP contribution in [-0.2, 0) is 21.1 Å². The standard InChI is InChI=1S/C62H60N3O.Pt/c1-37(2)47-28-48(38(3)4)30-51(29-47)45-23-24-58(42(10)27-45)65-59-18-14-17-54(60(59)64-62(65)56-35-49(39(5)6)34-55(40(7)8)61(56)66)52-31-50(43-15-12-11-13-16-43)32-53(33-52)57-36-46(25-26-63-57)44-21-19-41(9)20-22-44;/h11-32,34-40,66H,1-10H3;/q-1;/i10D3,37D;. The first-order chi connectivity index (χ1) is 33.2. The van der Waals surface area contributed by atoms with Crippen molar-refractivity contribution in [3.05, 3.63) is 191 Å². The first-order valence-electron chi connectivity index (χ1n) is 25.1. The molecule has 9 rings (SSSR count). The summed E-state index contributed by atoms with van der Waals surface area (Å²) < 4.78 is 38.2. The van der Waals surface area contributed by atoms with E-state index in [1.54, 1.807) is 6.07 Å². The number of aromatic hydroxyl groups is 1. The third-order valence-corrected chi connectivity index (χ3v) is 12.8. The number of hydrogen-bond donors (Lipinski definition) is 1. The molecule has 0 unspecified atom stereocenters. The molecule has 4 nitrogen and oxygen atoms in total. The van der Waals surface area contributed by atoms with Gasteiger partial charge in [0.15, 0.2) is 0 Å². The number of imidazole rings is 1. The van der Waals surface area contributed by atoms with Crippen LogP contribution in [0.2, 0.25) is 0 Å². The zero-order valence-electron chi connectivity index (χ0n) is 43.8. The number of hydrogen-bond acceptors (Lipinski definition) is 3. The number of aryl methyl sites for hydroxylation is 2. The van der Waals surface area contributed by atoms with Gasteiger partial charge in [0.2, 0.25) is 0 Å². The van der Waals surface area contributed by atoms with E-state index < -0.39 is 12.7 Å². The Labute approximate surface area is 417 Å². The van der Waals surface area contributed by atoms with Crippen molar-refractivity contribution in [2.24, 2.45) is 0 Å². The van der Waals surface area contributed by atoms with Crippen LogP contribution in [0.1, 0.15) is 118 Å². The summed E-state index contributed by atoms with van der Waals surface area (Å²) in [5, 5.41) is 12.3. The number of phenols is 1. The van der Waals surface area contributed by atoms with Crippen LogP contribution in [0.3, 0.4) is 0 Å². The Bertz CT molecular complexity index is 3400. The molecule has 0 aliphatic heterocycles. The first kappa shape index (κ1) is 42.0. The maximum absolute atomic E-state index is 12.3. The van der Waals surface area contributed by atoms with Gasteiger partial charge in [-0.05, 0) is 123 Å². The third-order valence-electron chi connectivity index (χ3n) is 12.8. The van der Waals surface area contributed by atoms with Gasteiger partial charge in [-0.15, -0.1) is 23.8 Å². The van der Waals surface area contributed by atoms with E-state index in [1.165, 1.54) is 5.56 Å². The number of rotatable bonds is 11. The number of phenolic OH excluding ortho intramolecular Hbond substituents is 1. The largest absolute Gasteiger partial charge is 0.507 e. The quantitative estimate of drug-likeness (QED) is 0.131. The Balaban J connectivity index is 0.00000676. The minimum Gasteiger partial charge on any atom is -0.507 e. The van der Waals surface area contributed by atoms with Crippen LogP contribution in [0.5, 0.6) is 5.75 Å². The molecule has 0 amide bonds. The predicted octanol–water partition coefficient (Wildman–Crippen LogP) is 17.0. The van der Waals surface area contributed by atoms with E-state index in [0.717, 1.165) is 78.0 Å². The molecule has 9 aromatic rings. The molecule has 0 saturated carbocycles. The summed E-state index contributed by atoms with van der Waals surface area (Å²) in [6.45, 7) is 15.9. The van der Waals surface area contributed by atoms with Crippen molar-refractivity contribution >= 4 is 11.0 Å². The average Bonchev–Trinajstić information content (AvgIpc) is 3.73. The van der Waals surface area contributed by atoms with Crippen molar-refractivity contribution in [2.75, 3.05) is 0 Å². The fraction of sp³-hybridized carbons (Fsp3) is 0.226. The molecule has 5 heteroatoms. The fourth-order valence-corrected chi connectivity index (χ4v) is 8.87. The topological polar surface area (TPSA) is 50.9 Å². The van der Waals surface area contributed by atoms with E-state index >= 15 is 0 Å². The SMILES string of the molecule is [2H]C([2H])([2H])c1cc(-c2cc(C(C)C)cc(C([2H])(C)C)c2)ccc1-n1c(-c2cc(C(C)C)cc(C(C)C)c2O)nc2c(-c3[c-]c(-c4cc(-c5ccc(C)cc5)ccn4)cc(-c4ccccc4)c3)cccc21.[Pt]. The zero-order valence-corrected chi connectivity index (χ0v) is 42.0. The second-order valence-corrected chi connectivity index (χ2v) is 18.8. The van der Waals surface area contributed by atoms with Crippen LogP contribution in [0.4, 0.5) is 0 Å². The number of pyridine rings is 1. The van der Waals surface area contributed by atoms with Gasteiger partial charge in [0.05, 0.1) is 22.3 Å². The number of benzene rings is 7. The van der Waals surface area contributed by atoms with Gasteiger partial charge in [-0.25, -0.2) is 4.98 Å². The third kappa shape index (κ3) is 9.47. The second kappa shape index (κ2) is 19.5. The van der Waals surface area contributed by atoms with Crippen molar-refractivity contribution in [2.45, 2.75) is 92.8 Å². The van der Waals surface area contributed by atoms with Gasteiger partial charge < -0.3 is 5.11 Å². The maximum Gasteiger partial charge on any atom is 0.148 e. The zero-order chi connectivity index (χ0) is 49.8. The molecule has 0 bridgehead atoms. The Morgan fingerprint density at radius 3 is 1.94 bits per heavy atom. The molecule has 1 N–H and O–H groups in total. The summed E-state index contributed by atoms with van der Waals surface area (Å²) >= 11 is 0. The summed E-state index contributed by atoms with van der Waals surface area (Å²) in [6, 6.07) is 52.8. The van der Waals surface area contributed by atoms with E-state index in [4.69, 9.17) is 15.5 Å². The molecule has 0 radical (unpaired) electrons. The van der Waals surface area contributed by atoms with Crippen LogP contribution >= 0.6 is 0 Å². The number of fused-ring (bicyclic) bond motifs is 1. The van der Waals surface area contributed by atoms with Crippen LogP contribution in [0.25, 0.3) is 83.9 Å². The van der Waals surface area contributed by atoms with Crippen molar-refractivity contribution in [3.63, 3.8) is 0 Å². The van der Waals surface area contributed by atoms with Crippen LogP contribution in [0.15, 0.2) is 152 Å². The molecule has 340 valence electrons. The summed E-state index contributed by atoms with van der Waals surface area (Å²) in [6.07, 6.45) is 1.84. The second-order valence-electron chi connectivity index (χ2n) is 18.8. The molecule has 0 spiro atoms. The summed E-state index contributed by atoms with van der Waals surface area (Å²) in [4.78, 5) is 10.4. The van der Waals surface area contributed by atoms with Crippen molar-refractivity contribution < 1.29 is 31.7 Å². The minimum atomic E-state index is -2.55. The van der Waals surface area contributed by atoms with E-state index in [2.05, 4.69) is 127 Å². The number of para-hydroxylation sites is 1. The molecule has 0 fully saturated rings. The average molecular weight is 1060 g/mol. The summed E-state index contributed by atoms with van der Waals surface area (Å²) in [5.41, 5.74) is 16.2. The summed E-state index contributed by atoms with van der Waals surface area (Å²) in [7, 11) is 0. The van der Waals surface area contributed by atoms with E-state index in [9.17, 15) is 5.11 Å². The molecule has 2 aromatic heterocycles. The Kier molecular flexibility index (Phi) is 12.2. The number of nitrogens with zero attached hydrogens (tertiary/aromatic N) is 3.